The third-order valence-corrected chi connectivity index (χ3v) is 5.24. The van der Waals surface area contributed by atoms with Gasteiger partial charge in [0.25, 0.3) is 11.6 Å². The predicted octanol–water partition coefficient (Wildman–Crippen LogP) is 5.54. The minimum atomic E-state index is -0.525. The Morgan fingerprint density at radius 1 is 1.23 bits per heavy atom. The van der Waals surface area contributed by atoms with Crippen LogP contribution in [0.3, 0.4) is 0 Å². The Labute approximate surface area is 182 Å². The van der Waals surface area contributed by atoms with Crippen molar-refractivity contribution >= 4 is 33.2 Å². The van der Waals surface area contributed by atoms with Gasteiger partial charge in [-0.15, -0.1) is 0 Å². The van der Waals surface area contributed by atoms with Crippen LogP contribution in [0.25, 0.3) is 0 Å². The Bertz CT molecular complexity index is 1140. The van der Waals surface area contributed by atoms with Gasteiger partial charge in [-0.1, -0.05) is 6.07 Å². The number of rotatable bonds is 6. The van der Waals surface area contributed by atoms with Crippen molar-refractivity contribution in [1.82, 2.24) is 9.78 Å². The number of nitrogens with one attached hydrogen (secondary N) is 1. The van der Waals surface area contributed by atoms with Gasteiger partial charge in [-0.3, -0.25) is 19.6 Å². The summed E-state index contributed by atoms with van der Waals surface area (Å²) in [6.45, 7) is 8.22. The lowest BCUT2D eigenvalue weighted by atomic mass is 10.1. The zero-order valence-corrected chi connectivity index (χ0v) is 18.6. The van der Waals surface area contributed by atoms with Gasteiger partial charge in [0.1, 0.15) is 17.2 Å². The van der Waals surface area contributed by atoms with Crippen molar-refractivity contribution in [2.75, 3.05) is 5.32 Å². The summed E-state index contributed by atoms with van der Waals surface area (Å²) in [4.78, 5) is 23.7. The fourth-order valence-electron chi connectivity index (χ4n) is 3.07. The molecule has 0 saturated heterocycles. The number of aromatic nitrogens is 2. The SMILES string of the molecule is CCn1ncc(Br)c1C(=O)Nc1cc(Oc2cc(C)cc(C)c2C)cc([N+](=O)[O-])c1. The summed E-state index contributed by atoms with van der Waals surface area (Å²) >= 11 is 3.31. The predicted molar refractivity (Wildman–Crippen MR) is 117 cm³/mol. The van der Waals surface area contributed by atoms with Gasteiger partial charge in [0.05, 0.1) is 27.3 Å². The molecule has 9 heteroatoms. The van der Waals surface area contributed by atoms with Gasteiger partial charge in [0, 0.05) is 18.7 Å². The number of halogens is 1. The second kappa shape index (κ2) is 8.66. The Balaban J connectivity index is 1.97. The lowest BCUT2D eigenvalue weighted by Gasteiger charge is -2.13. The van der Waals surface area contributed by atoms with Gasteiger partial charge in [0.15, 0.2) is 0 Å². The molecular formula is C21H21BrN4O4. The molecule has 0 fully saturated rings. The maximum Gasteiger partial charge on any atom is 0.275 e. The van der Waals surface area contributed by atoms with Crippen molar-refractivity contribution in [3.63, 3.8) is 0 Å². The van der Waals surface area contributed by atoms with Crippen LogP contribution in [0.15, 0.2) is 41.0 Å². The Kier molecular flexibility index (Phi) is 6.21. The number of aryl methyl sites for hydroxylation is 3. The summed E-state index contributed by atoms with van der Waals surface area (Å²) in [5.74, 6) is 0.433. The molecule has 0 saturated carbocycles. The van der Waals surface area contributed by atoms with Gasteiger partial charge in [-0.05, 0) is 66.4 Å². The number of nitro benzene ring substituents is 1. The molecule has 3 aromatic rings. The average Bonchev–Trinajstić information content (AvgIpc) is 3.06. The van der Waals surface area contributed by atoms with Crippen LogP contribution < -0.4 is 10.1 Å². The van der Waals surface area contributed by atoms with E-state index in [0.29, 0.717) is 22.5 Å². The standard InChI is InChI=1S/C21H21BrN4O4/c1-5-25-20(18(22)11-23-25)21(27)24-15-8-16(26(28)29)10-17(9-15)30-19-7-12(2)6-13(3)14(19)4/h6-11H,5H2,1-4H3,(H,24,27). The van der Waals surface area contributed by atoms with E-state index in [2.05, 4.69) is 26.3 Å². The van der Waals surface area contributed by atoms with E-state index in [1.165, 1.54) is 23.0 Å². The summed E-state index contributed by atoms with van der Waals surface area (Å²) in [6, 6.07) is 8.09. The highest BCUT2D eigenvalue weighted by Gasteiger charge is 2.19. The molecule has 8 nitrogen and oxygen atoms in total. The number of anilines is 1. The van der Waals surface area contributed by atoms with Crippen molar-refractivity contribution < 1.29 is 14.5 Å². The van der Waals surface area contributed by atoms with E-state index in [-0.39, 0.29) is 17.1 Å². The van der Waals surface area contributed by atoms with Crippen molar-refractivity contribution in [3.8, 4) is 11.5 Å². The van der Waals surface area contributed by atoms with Gasteiger partial charge >= 0.3 is 0 Å². The average molecular weight is 473 g/mol. The molecule has 1 aromatic heterocycles. The van der Waals surface area contributed by atoms with Crippen LogP contribution in [0, 0.1) is 30.9 Å². The number of carbonyl (C=O) groups is 1. The van der Waals surface area contributed by atoms with Crippen molar-refractivity contribution in [1.29, 1.82) is 0 Å². The summed E-state index contributed by atoms with van der Waals surface area (Å²) < 4.78 is 8.03. The zero-order valence-electron chi connectivity index (χ0n) is 17.0. The monoisotopic (exact) mass is 472 g/mol. The van der Waals surface area contributed by atoms with E-state index in [9.17, 15) is 14.9 Å². The lowest BCUT2D eigenvalue weighted by molar-refractivity contribution is -0.384. The Morgan fingerprint density at radius 2 is 1.97 bits per heavy atom. The van der Waals surface area contributed by atoms with Crippen LogP contribution in [-0.2, 0) is 6.54 Å². The van der Waals surface area contributed by atoms with Gasteiger partial charge in [0.2, 0.25) is 0 Å². The fraction of sp³-hybridized carbons (Fsp3) is 0.238. The van der Waals surface area contributed by atoms with Gasteiger partial charge in [-0.25, -0.2) is 0 Å². The number of nitrogens with zero attached hydrogens (tertiary/aromatic N) is 3. The first kappa shape index (κ1) is 21.5. The topological polar surface area (TPSA) is 99.3 Å². The van der Waals surface area contributed by atoms with E-state index in [1.807, 2.05) is 39.8 Å². The van der Waals surface area contributed by atoms with E-state index in [0.717, 1.165) is 16.7 Å². The summed E-state index contributed by atoms with van der Waals surface area (Å²) in [7, 11) is 0. The molecule has 0 bridgehead atoms. The largest absolute Gasteiger partial charge is 0.457 e. The molecule has 30 heavy (non-hydrogen) atoms. The molecule has 0 unspecified atom stereocenters. The Morgan fingerprint density at radius 3 is 2.63 bits per heavy atom. The number of ether oxygens (including phenoxy) is 1. The fourth-order valence-corrected chi connectivity index (χ4v) is 3.55. The first-order valence-electron chi connectivity index (χ1n) is 9.27. The lowest BCUT2D eigenvalue weighted by Crippen LogP contribution is -2.18. The molecule has 0 aliphatic carbocycles. The van der Waals surface area contributed by atoms with Crippen LogP contribution in [0.1, 0.15) is 34.1 Å². The minimum Gasteiger partial charge on any atom is -0.457 e. The highest BCUT2D eigenvalue weighted by atomic mass is 79.9. The van der Waals surface area contributed by atoms with Gasteiger partial charge < -0.3 is 10.1 Å². The molecule has 156 valence electrons. The quantitative estimate of drug-likeness (QED) is 0.374. The van der Waals surface area contributed by atoms with E-state index in [4.69, 9.17) is 4.74 Å². The minimum absolute atomic E-state index is 0.187. The van der Waals surface area contributed by atoms with Crippen LogP contribution >= 0.6 is 15.9 Å². The van der Waals surface area contributed by atoms with Gasteiger partial charge in [-0.2, -0.15) is 5.10 Å². The highest BCUT2D eigenvalue weighted by molar-refractivity contribution is 9.10. The summed E-state index contributed by atoms with van der Waals surface area (Å²) in [6.07, 6.45) is 1.53. The number of non-ortho nitro benzene ring substituents is 1. The number of benzene rings is 2. The number of hydrogen-bond acceptors (Lipinski definition) is 5. The van der Waals surface area contributed by atoms with E-state index >= 15 is 0 Å². The smallest absolute Gasteiger partial charge is 0.275 e. The van der Waals surface area contributed by atoms with Crippen molar-refractivity contribution in [3.05, 3.63) is 73.5 Å². The molecule has 0 spiro atoms. The molecule has 0 radical (unpaired) electrons. The van der Waals surface area contributed by atoms with E-state index < -0.39 is 10.8 Å². The van der Waals surface area contributed by atoms with Crippen molar-refractivity contribution in [2.24, 2.45) is 0 Å². The third-order valence-electron chi connectivity index (χ3n) is 4.66. The zero-order chi connectivity index (χ0) is 22.0. The first-order valence-corrected chi connectivity index (χ1v) is 10.1. The first-order chi connectivity index (χ1) is 14.2. The van der Waals surface area contributed by atoms with Crippen LogP contribution in [-0.4, -0.2) is 20.6 Å². The number of nitro groups is 1. The molecule has 1 heterocycles. The molecule has 3 rings (SSSR count). The maximum absolute atomic E-state index is 12.8. The molecule has 0 aliphatic heterocycles. The summed E-state index contributed by atoms with van der Waals surface area (Å²) in [5, 5.41) is 18.2. The Hall–Kier alpha value is -3.20. The molecule has 2 aromatic carbocycles. The third kappa shape index (κ3) is 4.51. The second-order valence-electron chi connectivity index (χ2n) is 6.89. The molecule has 0 atom stereocenters. The molecule has 1 amide bonds. The maximum atomic E-state index is 12.8. The molecule has 1 N–H and O–H groups in total. The number of hydrogen-bond donors (Lipinski definition) is 1. The van der Waals surface area contributed by atoms with E-state index in [1.54, 1.807) is 6.07 Å². The highest BCUT2D eigenvalue weighted by Crippen LogP contribution is 2.33. The number of amides is 1. The van der Waals surface area contributed by atoms with Crippen molar-refractivity contribution in [2.45, 2.75) is 34.2 Å². The molecular weight excluding hydrogens is 452 g/mol. The summed E-state index contributed by atoms with van der Waals surface area (Å²) in [5.41, 5.74) is 3.41. The number of carbonyl (C=O) groups excluding carboxylic acids is 1. The molecule has 0 aliphatic rings. The van der Waals surface area contributed by atoms with Crippen LogP contribution in [0.4, 0.5) is 11.4 Å². The van der Waals surface area contributed by atoms with Crippen LogP contribution in [0.2, 0.25) is 0 Å². The normalized spacial score (nSPS) is 10.7. The second-order valence-corrected chi connectivity index (χ2v) is 7.75. The van der Waals surface area contributed by atoms with Crippen LogP contribution in [0.5, 0.6) is 11.5 Å².